The molecular formula is C10H11BrN2O. The number of amides is 1. The third kappa shape index (κ3) is 2.12. The van der Waals surface area contributed by atoms with Crippen LogP contribution in [0.2, 0.25) is 0 Å². The molecule has 4 heteroatoms. The Morgan fingerprint density at radius 3 is 2.86 bits per heavy atom. The molecule has 0 saturated carbocycles. The number of rotatable bonds is 2. The minimum Gasteiger partial charge on any atom is -0.342 e. The van der Waals surface area contributed by atoms with Crippen LogP contribution in [0.4, 0.5) is 0 Å². The summed E-state index contributed by atoms with van der Waals surface area (Å²) >= 11 is 3.33. The van der Waals surface area contributed by atoms with Crippen molar-refractivity contribution in [2.45, 2.75) is 12.8 Å². The van der Waals surface area contributed by atoms with Crippen LogP contribution in [-0.2, 0) is 11.2 Å². The molecule has 0 aliphatic carbocycles. The van der Waals surface area contributed by atoms with Crippen LogP contribution in [0.3, 0.4) is 0 Å². The van der Waals surface area contributed by atoms with Crippen LogP contribution in [0.5, 0.6) is 0 Å². The Kier molecular flexibility index (Phi) is 2.82. The Morgan fingerprint density at radius 2 is 2.29 bits per heavy atom. The van der Waals surface area contributed by atoms with E-state index in [1.54, 1.807) is 12.4 Å². The maximum Gasteiger partial charge on any atom is 0.227 e. The van der Waals surface area contributed by atoms with Crippen LogP contribution in [0.25, 0.3) is 0 Å². The van der Waals surface area contributed by atoms with E-state index in [9.17, 15) is 4.79 Å². The standard InChI is InChI=1S/C10H11BrN2O/c11-9-4-8(6-12-7-9)5-10(14)13-2-1-3-13/h4,6-7H,1-3,5H2. The molecule has 1 aromatic rings. The number of likely N-dealkylation sites (tertiary alicyclic amines) is 1. The number of carbonyl (C=O) groups excluding carboxylic acids is 1. The second-order valence-electron chi connectivity index (χ2n) is 3.42. The van der Waals surface area contributed by atoms with E-state index in [4.69, 9.17) is 0 Å². The third-order valence-electron chi connectivity index (χ3n) is 2.33. The van der Waals surface area contributed by atoms with Crippen molar-refractivity contribution in [3.63, 3.8) is 0 Å². The van der Waals surface area contributed by atoms with Gasteiger partial charge in [0.25, 0.3) is 0 Å². The molecule has 1 saturated heterocycles. The SMILES string of the molecule is O=C(Cc1cncc(Br)c1)N1CCC1. The predicted molar refractivity (Wildman–Crippen MR) is 56.8 cm³/mol. The average molecular weight is 255 g/mol. The molecule has 1 aliphatic rings. The molecule has 1 aromatic heterocycles. The van der Waals surface area contributed by atoms with Gasteiger partial charge in [-0.05, 0) is 34.0 Å². The second-order valence-corrected chi connectivity index (χ2v) is 4.34. The summed E-state index contributed by atoms with van der Waals surface area (Å²) in [5, 5.41) is 0. The van der Waals surface area contributed by atoms with Crippen molar-refractivity contribution in [3.8, 4) is 0 Å². The summed E-state index contributed by atoms with van der Waals surface area (Å²) in [6.45, 7) is 1.83. The van der Waals surface area contributed by atoms with E-state index in [-0.39, 0.29) is 5.91 Å². The minimum atomic E-state index is 0.205. The largest absolute Gasteiger partial charge is 0.342 e. The summed E-state index contributed by atoms with van der Waals surface area (Å²) in [5.41, 5.74) is 0.969. The molecule has 0 N–H and O–H groups in total. The number of nitrogens with zero attached hydrogens (tertiary/aromatic N) is 2. The second kappa shape index (κ2) is 4.09. The molecule has 14 heavy (non-hydrogen) atoms. The van der Waals surface area contributed by atoms with Crippen molar-refractivity contribution >= 4 is 21.8 Å². The number of hydrogen-bond acceptors (Lipinski definition) is 2. The summed E-state index contributed by atoms with van der Waals surface area (Å²) in [6.07, 6.45) is 5.06. The van der Waals surface area contributed by atoms with Crippen LogP contribution in [-0.4, -0.2) is 28.9 Å². The fourth-order valence-electron chi connectivity index (χ4n) is 1.40. The molecule has 1 fully saturated rings. The predicted octanol–water partition coefficient (Wildman–Crippen LogP) is 1.62. The number of carbonyl (C=O) groups is 1. The van der Waals surface area contributed by atoms with E-state index < -0.39 is 0 Å². The molecule has 0 radical (unpaired) electrons. The van der Waals surface area contributed by atoms with Gasteiger partial charge in [0.15, 0.2) is 0 Å². The maximum absolute atomic E-state index is 11.6. The van der Waals surface area contributed by atoms with Crippen LogP contribution in [0.1, 0.15) is 12.0 Å². The Balaban J connectivity index is 1.99. The topological polar surface area (TPSA) is 33.2 Å². The summed E-state index contributed by atoms with van der Waals surface area (Å²) in [4.78, 5) is 17.5. The molecule has 0 bridgehead atoms. The van der Waals surface area contributed by atoms with Gasteiger partial charge in [0.2, 0.25) is 5.91 Å². The first-order valence-corrected chi connectivity index (χ1v) is 5.42. The van der Waals surface area contributed by atoms with Gasteiger partial charge in [0.05, 0.1) is 6.42 Å². The van der Waals surface area contributed by atoms with E-state index in [2.05, 4.69) is 20.9 Å². The van der Waals surface area contributed by atoms with Gasteiger partial charge in [-0.25, -0.2) is 0 Å². The van der Waals surface area contributed by atoms with Crippen LogP contribution < -0.4 is 0 Å². The van der Waals surface area contributed by atoms with E-state index >= 15 is 0 Å². The molecule has 0 unspecified atom stereocenters. The zero-order chi connectivity index (χ0) is 9.97. The van der Waals surface area contributed by atoms with Gasteiger partial charge >= 0.3 is 0 Å². The van der Waals surface area contributed by atoms with E-state index in [1.807, 2.05) is 11.0 Å². The normalized spacial score (nSPS) is 15.1. The summed E-state index contributed by atoms with van der Waals surface area (Å²) in [6, 6.07) is 1.94. The zero-order valence-corrected chi connectivity index (χ0v) is 9.33. The number of halogens is 1. The third-order valence-corrected chi connectivity index (χ3v) is 2.76. The molecule has 0 atom stereocenters. The fraction of sp³-hybridized carbons (Fsp3) is 0.400. The number of hydrogen-bond donors (Lipinski definition) is 0. The molecule has 2 rings (SSSR count). The van der Waals surface area contributed by atoms with Crippen molar-refractivity contribution in [1.29, 1.82) is 0 Å². The highest BCUT2D eigenvalue weighted by Crippen LogP contribution is 2.13. The highest BCUT2D eigenvalue weighted by Gasteiger charge is 2.19. The highest BCUT2D eigenvalue weighted by atomic mass is 79.9. The van der Waals surface area contributed by atoms with Gasteiger partial charge in [-0.1, -0.05) is 0 Å². The number of aromatic nitrogens is 1. The van der Waals surface area contributed by atoms with E-state index in [0.29, 0.717) is 6.42 Å². The molecule has 0 spiro atoms. The van der Waals surface area contributed by atoms with Crippen molar-refractivity contribution in [1.82, 2.24) is 9.88 Å². The molecule has 0 aromatic carbocycles. The minimum absolute atomic E-state index is 0.205. The van der Waals surface area contributed by atoms with E-state index in [1.165, 1.54) is 0 Å². The van der Waals surface area contributed by atoms with Gasteiger partial charge in [0, 0.05) is 30.0 Å². The summed E-state index contributed by atoms with van der Waals surface area (Å²) < 4.78 is 0.923. The monoisotopic (exact) mass is 254 g/mol. The fourth-order valence-corrected chi connectivity index (χ4v) is 1.82. The zero-order valence-electron chi connectivity index (χ0n) is 7.74. The van der Waals surface area contributed by atoms with Crippen molar-refractivity contribution in [2.75, 3.05) is 13.1 Å². The van der Waals surface area contributed by atoms with Gasteiger partial charge in [-0.2, -0.15) is 0 Å². The van der Waals surface area contributed by atoms with Crippen LogP contribution in [0.15, 0.2) is 22.9 Å². The smallest absolute Gasteiger partial charge is 0.227 e. The number of pyridine rings is 1. The molecule has 1 aliphatic heterocycles. The Labute approximate surface area is 91.3 Å². The van der Waals surface area contributed by atoms with Crippen molar-refractivity contribution in [2.24, 2.45) is 0 Å². The molecule has 1 amide bonds. The lowest BCUT2D eigenvalue weighted by Gasteiger charge is -2.30. The Bertz CT molecular complexity index is 350. The summed E-state index contributed by atoms with van der Waals surface area (Å²) in [7, 11) is 0. The van der Waals surface area contributed by atoms with Crippen LogP contribution in [0, 0.1) is 0 Å². The first-order valence-electron chi connectivity index (χ1n) is 4.63. The van der Waals surface area contributed by atoms with E-state index in [0.717, 1.165) is 29.5 Å². The van der Waals surface area contributed by atoms with Gasteiger partial charge in [-0.15, -0.1) is 0 Å². The lowest BCUT2D eigenvalue weighted by molar-refractivity contribution is -0.133. The summed E-state index contributed by atoms with van der Waals surface area (Å²) in [5.74, 6) is 0.205. The lowest BCUT2D eigenvalue weighted by atomic mass is 10.1. The average Bonchev–Trinajstić information content (AvgIpc) is 1.99. The highest BCUT2D eigenvalue weighted by molar-refractivity contribution is 9.10. The molecular weight excluding hydrogens is 244 g/mol. The van der Waals surface area contributed by atoms with Crippen molar-refractivity contribution < 1.29 is 4.79 Å². The first kappa shape index (κ1) is 9.65. The van der Waals surface area contributed by atoms with Gasteiger partial charge in [0.1, 0.15) is 0 Å². The van der Waals surface area contributed by atoms with Crippen molar-refractivity contribution in [3.05, 3.63) is 28.5 Å². The van der Waals surface area contributed by atoms with Gasteiger partial charge in [-0.3, -0.25) is 9.78 Å². The Hall–Kier alpha value is -0.900. The lowest BCUT2D eigenvalue weighted by Crippen LogP contribution is -2.42. The Morgan fingerprint density at radius 1 is 1.50 bits per heavy atom. The molecule has 74 valence electrons. The first-order chi connectivity index (χ1) is 6.75. The van der Waals surface area contributed by atoms with Gasteiger partial charge < -0.3 is 4.90 Å². The van der Waals surface area contributed by atoms with Crippen LogP contribution >= 0.6 is 15.9 Å². The molecule has 3 nitrogen and oxygen atoms in total. The quantitative estimate of drug-likeness (QED) is 0.804. The molecule has 2 heterocycles. The maximum atomic E-state index is 11.6.